The van der Waals surface area contributed by atoms with Crippen LogP contribution < -0.4 is 10.1 Å². The van der Waals surface area contributed by atoms with Crippen LogP contribution in [0.5, 0.6) is 5.75 Å². The van der Waals surface area contributed by atoms with Crippen molar-refractivity contribution in [1.29, 1.82) is 0 Å². The molecule has 1 N–H and O–H groups in total. The van der Waals surface area contributed by atoms with Crippen molar-refractivity contribution in [2.24, 2.45) is 5.92 Å². The quantitative estimate of drug-likeness (QED) is 0.634. The topological polar surface area (TPSA) is 57.7 Å². The molecule has 2 fully saturated rings. The molecule has 0 aliphatic carbocycles. The van der Waals surface area contributed by atoms with E-state index >= 15 is 0 Å². The third-order valence-electron chi connectivity index (χ3n) is 6.57. The van der Waals surface area contributed by atoms with Gasteiger partial charge in [0.05, 0.1) is 25.0 Å². The van der Waals surface area contributed by atoms with Crippen LogP contribution in [0, 0.1) is 11.7 Å². The van der Waals surface area contributed by atoms with Crippen LogP contribution in [-0.4, -0.2) is 52.6 Å². The van der Waals surface area contributed by atoms with E-state index in [0.29, 0.717) is 37.4 Å². The first kappa shape index (κ1) is 23.5. The third-order valence-corrected chi connectivity index (χ3v) is 6.57. The van der Waals surface area contributed by atoms with Crippen molar-refractivity contribution in [1.82, 2.24) is 20.1 Å². The zero-order chi connectivity index (χ0) is 23.2. The van der Waals surface area contributed by atoms with Gasteiger partial charge in [-0.2, -0.15) is 0 Å². The van der Waals surface area contributed by atoms with E-state index in [0.717, 1.165) is 30.7 Å². The second-order valence-electron chi connectivity index (χ2n) is 9.61. The number of nitrogens with one attached hydrogen (secondary N) is 1. The van der Waals surface area contributed by atoms with E-state index in [2.05, 4.69) is 29.0 Å². The Hall–Kier alpha value is -2.67. The second kappa shape index (κ2) is 11.0. The van der Waals surface area contributed by atoms with Crippen LogP contribution in [0.2, 0.25) is 0 Å². The summed E-state index contributed by atoms with van der Waals surface area (Å²) in [6, 6.07) is 11.5. The third kappa shape index (κ3) is 6.44. The summed E-state index contributed by atoms with van der Waals surface area (Å²) >= 11 is 0. The Bertz CT molecular complexity index is 904. The molecule has 1 aromatic carbocycles. The maximum atomic E-state index is 13.3. The van der Waals surface area contributed by atoms with Gasteiger partial charge in [0.1, 0.15) is 11.6 Å². The lowest BCUT2D eigenvalue weighted by molar-refractivity contribution is 0.0972. The van der Waals surface area contributed by atoms with Gasteiger partial charge in [0, 0.05) is 25.2 Å². The van der Waals surface area contributed by atoms with Crippen molar-refractivity contribution >= 4 is 6.03 Å². The molecule has 7 heteroatoms. The molecule has 2 saturated heterocycles. The minimum absolute atomic E-state index is 0.0993. The molecule has 6 nitrogen and oxygen atoms in total. The standard InChI is InChI=1S/C26H35FN4O2/c1-19(2)18-33-25-9-5-20(6-10-25)15-29-26(32)31(17-22-8-7-21(27)16-28-22)24-11-13-30-12-3-4-23(30)14-24/h5-10,16,19,23-24H,3-4,11-15,17-18H2,1-2H3,(H,29,32)/t23-,24+/m0/s1. The number of carbonyl (C=O) groups is 1. The number of fused-ring (bicyclic) bond motifs is 1. The highest BCUT2D eigenvalue weighted by molar-refractivity contribution is 5.74. The molecule has 0 bridgehead atoms. The molecule has 2 aliphatic heterocycles. The normalized spacial score (nSPS) is 20.5. The van der Waals surface area contributed by atoms with E-state index in [9.17, 15) is 9.18 Å². The number of halogens is 1. The molecular formula is C26H35FN4O2. The molecule has 178 valence electrons. The van der Waals surface area contributed by atoms with E-state index < -0.39 is 0 Å². The predicted molar refractivity (Wildman–Crippen MR) is 126 cm³/mol. The van der Waals surface area contributed by atoms with Gasteiger partial charge >= 0.3 is 6.03 Å². The number of hydrogen-bond donors (Lipinski definition) is 1. The summed E-state index contributed by atoms with van der Waals surface area (Å²) in [7, 11) is 0. The molecule has 2 amide bonds. The van der Waals surface area contributed by atoms with Crippen LogP contribution in [0.25, 0.3) is 0 Å². The van der Waals surface area contributed by atoms with Gasteiger partial charge in [0.15, 0.2) is 0 Å². The summed E-state index contributed by atoms with van der Waals surface area (Å²) in [6.45, 7) is 7.93. The van der Waals surface area contributed by atoms with Crippen LogP contribution in [-0.2, 0) is 13.1 Å². The highest BCUT2D eigenvalue weighted by atomic mass is 19.1. The molecule has 2 aromatic rings. The molecule has 0 unspecified atom stereocenters. The Labute approximate surface area is 196 Å². The lowest BCUT2D eigenvalue weighted by atomic mass is 9.96. The van der Waals surface area contributed by atoms with Crippen molar-refractivity contribution in [2.75, 3.05) is 19.7 Å². The summed E-state index contributed by atoms with van der Waals surface area (Å²) < 4.78 is 19.1. The van der Waals surface area contributed by atoms with E-state index in [1.54, 1.807) is 6.07 Å². The Kier molecular flexibility index (Phi) is 7.81. The maximum absolute atomic E-state index is 13.3. The van der Waals surface area contributed by atoms with Gasteiger partial charge in [0.25, 0.3) is 0 Å². The number of pyridine rings is 1. The number of urea groups is 1. The molecule has 3 heterocycles. The van der Waals surface area contributed by atoms with Crippen LogP contribution in [0.3, 0.4) is 0 Å². The zero-order valence-corrected chi connectivity index (χ0v) is 19.7. The first-order valence-electron chi connectivity index (χ1n) is 12.1. The van der Waals surface area contributed by atoms with Gasteiger partial charge in [-0.25, -0.2) is 9.18 Å². The van der Waals surface area contributed by atoms with Gasteiger partial charge in [0.2, 0.25) is 0 Å². The Morgan fingerprint density at radius 1 is 1.21 bits per heavy atom. The van der Waals surface area contributed by atoms with Gasteiger partial charge in [-0.15, -0.1) is 0 Å². The number of benzene rings is 1. The molecular weight excluding hydrogens is 419 g/mol. The fourth-order valence-corrected chi connectivity index (χ4v) is 4.77. The Morgan fingerprint density at radius 2 is 2.03 bits per heavy atom. The van der Waals surface area contributed by atoms with Crippen LogP contribution in [0.15, 0.2) is 42.6 Å². The zero-order valence-electron chi connectivity index (χ0n) is 19.7. The minimum Gasteiger partial charge on any atom is -0.493 e. The number of piperidine rings is 1. The van der Waals surface area contributed by atoms with Crippen LogP contribution >= 0.6 is 0 Å². The number of amides is 2. The van der Waals surface area contributed by atoms with Crippen LogP contribution in [0.1, 0.15) is 50.8 Å². The SMILES string of the molecule is CC(C)COc1ccc(CNC(=O)N(Cc2ccc(F)cn2)[C@@H]2CCN3CCC[C@H]3C2)cc1. The first-order valence-corrected chi connectivity index (χ1v) is 12.1. The second-order valence-corrected chi connectivity index (χ2v) is 9.61. The number of nitrogens with zero attached hydrogens (tertiary/aromatic N) is 3. The molecule has 2 atom stereocenters. The highest BCUT2D eigenvalue weighted by Crippen LogP contribution is 2.30. The van der Waals surface area contributed by atoms with Gasteiger partial charge < -0.3 is 19.9 Å². The van der Waals surface area contributed by atoms with Gasteiger partial charge in [-0.05, 0) is 68.0 Å². The van der Waals surface area contributed by atoms with E-state index in [-0.39, 0.29) is 17.9 Å². The maximum Gasteiger partial charge on any atom is 0.318 e. The molecule has 0 saturated carbocycles. The largest absolute Gasteiger partial charge is 0.493 e. The lowest BCUT2D eigenvalue weighted by Crippen LogP contribution is -2.52. The molecule has 4 rings (SSSR count). The summed E-state index contributed by atoms with van der Waals surface area (Å²) in [4.78, 5) is 21.9. The summed E-state index contributed by atoms with van der Waals surface area (Å²) in [6.07, 6.45) is 5.59. The molecule has 0 radical (unpaired) electrons. The van der Waals surface area contributed by atoms with Crippen molar-refractivity contribution in [3.05, 3.63) is 59.7 Å². The fraction of sp³-hybridized carbons (Fsp3) is 0.538. The predicted octanol–water partition coefficient (Wildman–Crippen LogP) is 4.59. The summed E-state index contributed by atoms with van der Waals surface area (Å²) in [5.41, 5.74) is 1.72. The Morgan fingerprint density at radius 3 is 2.76 bits per heavy atom. The number of ether oxygens (including phenoxy) is 1. The Balaban J connectivity index is 1.39. The number of rotatable bonds is 8. The van der Waals surface area contributed by atoms with Crippen molar-refractivity contribution in [3.8, 4) is 5.75 Å². The smallest absolute Gasteiger partial charge is 0.318 e. The monoisotopic (exact) mass is 454 g/mol. The molecule has 33 heavy (non-hydrogen) atoms. The molecule has 1 aromatic heterocycles. The molecule has 2 aliphatic rings. The molecule has 0 spiro atoms. The highest BCUT2D eigenvalue weighted by Gasteiger charge is 2.36. The number of hydrogen-bond acceptors (Lipinski definition) is 4. The minimum atomic E-state index is -0.366. The lowest BCUT2D eigenvalue weighted by Gasteiger charge is -2.40. The van der Waals surface area contributed by atoms with Crippen molar-refractivity contribution < 1.29 is 13.9 Å². The van der Waals surface area contributed by atoms with Gasteiger partial charge in [-0.3, -0.25) is 4.98 Å². The van der Waals surface area contributed by atoms with Crippen LogP contribution in [0.4, 0.5) is 9.18 Å². The van der Waals surface area contributed by atoms with Gasteiger partial charge in [-0.1, -0.05) is 26.0 Å². The summed E-state index contributed by atoms with van der Waals surface area (Å²) in [5, 5.41) is 3.09. The number of carbonyl (C=O) groups excluding carboxylic acids is 1. The summed E-state index contributed by atoms with van der Waals surface area (Å²) in [5.74, 6) is 0.947. The average Bonchev–Trinajstić information content (AvgIpc) is 3.29. The fourth-order valence-electron chi connectivity index (χ4n) is 4.77. The van der Waals surface area contributed by atoms with E-state index in [1.807, 2.05) is 29.2 Å². The van der Waals surface area contributed by atoms with Crippen molar-refractivity contribution in [2.45, 2.75) is 64.7 Å². The average molecular weight is 455 g/mol. The van der Waals surface area contributed by atoms with E-state index in [4.69, 9.17) is 4.74 Å². The van der Waals surface area contributed by atoms with Crippen molar-refractivity contribution in [3.63, 3.8) is 0 Å². The number of aromatic nitrogens is 1. The first-order chi connectivity index (χ1) is 16.0. The van der Waals surface area contributed by atoms with E-state index in [1.165, 1.54) is 31.6 Å².